The number of hydrogen-bond acceptors (Lipinski definition) is 9. The maximum absolute atomic E-state index is 13.0. The van der Waals surface area contributed by atoms with Gasteiger partial charge in [0.05, 0.1) is 18.7 Å². The zero-order valence-corrected chi connectivity index (χ0v) is 34.3. The number of benzene rings is 4. The van der Waals surface area contributed by atoms with Gasteiger partial charge in [0.15, 0.2) is 0 Å². The van der Waals surface area contributed by atoms with Crippen molar-refractivity contribution in [2.45, 2.75) is 17.2 Å². The van der Waals surface area contributed by atoms with Gasteiger partial charge in [-0.25, -0.2) is 40.3 Å². The largest absolute Gasteiger partial charge is 1.00 e. The van der Waals surface area contributed by atoms with Gasteiger partial charge in [-0.1, -0.05) is 7.43 Å². The number of sulfonamides is 2. The molecule has 0 bridgehead atoms. The van der Waals surface area contributed by atoms with Gasteiger partial charge < -0.3 is 21.4 Å². The number of primary sulfonamides is 2. The number of phenolic OH excluding ortho intramolecular Hbond substituents is 1. The number of ether oxygens (including phenoxy) is 1. The number of nitrogens with two attached hydrogens (primary N) is 2. The first kappa shape index (κ1) is 50.1. The quantitative estimate of drug-likeness (QED) is 0.0974. The molecule has 0 heterocycles. The van der Waals surface area contributed by atoms with Crippen molar-refractivity contribution in [3.63, 3.8) is 0 Å². The average Bonchev–Trinajstić information content (AvgIpc) is 2.93. The Morgan fingerprint density at radius 2 is 1.09 bits per heavy atom. The molecule has 0 aromatic heterocycles. The van der Waals surface area contributed by atoms with Crippen LogP contribution in [0.3, 0.4) is 0 Å². The average molecular weight is 869 g/mol. The molecule has 4 aromatic carbocycles. The van der Waals surface area contributed by atoms with Crippen LogP contribution in [0.25, 0.3) is 0 Å². The van der Waals surface area contributed by atoms with Crippen LogP contribution in [0.4, 0.5) is 13.2 Å². The second-order valence-electron chi connectivity index (χ2n) is 7.48. The van der Waals surface area contributed by atoms with Gasteiger partial charge in [-0.05, 0) is 117 Å². The van der Waals surface area contributed by atoms with E-state index in [4.69, 9.17) is 30.2 Å². The summed E-state index contributed by atoms with van der Waals surface area (Å²) in [6, 6.07) is 17.9. The molecule has 242 valence electrons. The van der Waals surface area contributed by atoms with Gasteiger partial charge in [-0.15, -0.1) is 0 Å². The summed E-state index contributed by atoms with van der Waals surface area (Å²) in [5.74, 6) is -0.340. The molecule has 0 aliphatic heterocycles. The van der Waals surface area contributed by atoms with Gasteiger partial charge in [0.2, 0.25) is 20.0 Å². The Morgan fingerprint density at radius 3 is 1.43 bits per heavy atom. The molecule has 0 saturated carbocycles. The van der Waals surface area contributed by atoms with E-state index < -0.39 is 31.7 Å². The summed E-state index contributed by atoms with van der Waals surface area (Å²) in [6.07, 6.45) is 0. The summed E-state index contributed by atoms with van der Waals surface area (Å²) in [5, 5.41) is 26.9. The van der Waals surface area contributed by atoms with Crippen LogP contribution in [0.15, 0.2) is 104 Å². The second-order valence-corrected chi connectivity index (χ2v) is 12.3. The van der Waals surface area contributed by atoms with Gasteiger partial charge in [0, 0.05) is 0 Å². The topological polar surface area (TPSA) is 199 Å². The molecule has 46 heavy (non-hydrogen) atoms. The number of phenols is 1. The molecule has 0 radical (unpaired) electrons. The number of carbonyl (C=O) groups excluding carboxylic acids is 1. The van der Waals surface area contributed by atoms with Crippen molar-refractivity contribution in [3.8, 4) is 17.2 Å². The normalized spacial score (nSPS) is 9.74. The Bertz CT molecular complexity index is 1730. The Kier molecular flexibility index (Phi) is 27.0. The van der Waals surface area contributed by atoms with Crippen molar-refractivity contribution >= 4 is 58.4 Å². The molecule has 0 aliphatic carbocycles. The van der Waals surface area contributed by atoms with Crippen molar-refractivity contribution in [1.82, 2.24) is 0 Å². The van der Waals surface area contributed by atoms with Crippen LogP contribution in [0.1, 0.15) is 8.85 Å². The Balaban J connectivity index is -0.000000285. The maximum Gasteiger partial charge on any atom is 1.00 e. The summed E-state index contributed by atoms with van der Waals surface area (Å²) in [7, 11) is -7.40. The van der Waals surface area contributed by atoms with E-state index in [0.29, 0.717) is 11.5 Å². The summed E-state index contributed by atoms with van der Waals surface area (Å²) < 4.78 is 87.0. The van der Waals surface area contributed by atoms with E-state index in [-0.39, 0.29) is 148 Å². The molecule has 0 unspecified atom stereocenters. The fraction of sp³-hybridized carbons (Fsp3) is 0.0385. The molecule has 0 amide bonds. The summed E-state index contributed by atoms with van der Waals surface area (Å²) in [5.41, 5.74) is 0. The Labute approximate surface area is 367 Å². The van der Waals surface area contributed by atoms with Crippen molar-refractivity contribution < 1.29 is 159 Å². The van der Waals surface area contributed by atoms with Gasteiger partial charge in [-0.2, -0.15) is 0 Å². The standard InChI is InChI=1S/C12H9BrFNO3S.C6H4BrFO.C6H6FNO2S.CH2O3.CH4.2K.H/c13-11-7-9(3-6-12(11)14)18-8-1-4-10(5-2-8)19(15,16)17;7-5-3-4(9)1-2-6(5)8;7-5-1-3-6(4-2-5)11(8,9)10;2-1-4-3;;;;/h1-7H,(H2,15,16,17);1-3,9H;1-4H,(H2,8,9,10);1,3H;1H4;;;/q;;;;;2*+1;-1/p-1. The number of aromatic hydroxyl groups is 1. The summed E-state index contributed by atoms with van der Waals surface area (Å²) in [6.45, 7) is -0.181. The molecule has 0 atom stereocenters. The molecule has 11 nitrogen and oxygen atoms in total. The minimum absolute atomic E-state index is 0. The molecular weight excluding hydrogens is 843 g/mol. The van der Waals surface area contributed by atoms with E-state index in [2.05, 4.69) is 36.7 Å². The first-order valence-corrected chi connectivity index (χ1v) is 15.6. The molecule has 0 saturated heterocycles. The summed E-state index contributed by atoms with van der Waals surface area (Å²) in [4.78, 5) is 11.2. The zero-order valence-electron chi connectivity index (χ0n) is 24.2. The van der Waals surface area contributed by atoms with Crippen molar-refractivity contribution in [2.75, 3.05) is 0 Å². The predicted octanol–water partition coefficient (Wildman–Crippen LogP) is -1.01. The maximum atomic E-state index is 13.0. The predicted molar refractivity (Wildman–Crippen MR) is 161 cm³/mol. The molecule has 0 aliphatic rings. The zero-order chi connectivity index (χ0) is 32.8. The first-order valence-electron chi connectivity index (χ1n) is 10.9. The Morgan fingerprint density at radius 1 is 0.717 bits per heavy atom. The van der Waals surface area contributed by atoms with Crippen molar-refractivity contribution in [3.05, 3.63) is 111 Å². The minimum Gasteiger partial charge on any atom is -1.00 e. The van der Waals surface area contributed by atoms with E-state index in [1.165, 1.54) is 60.7 Å². The first-order chi connectivity index (χ1) is 20.0. The van der Waals surface area contributed by atoms with E-state index in [9.17, 15) is 30.0 Å². The van der Waals surface area contributed by atoms with Gasteiger partial charge in [0.1, 0.15) is 34.7 Å². The van der Waals surface area contributed by atoms with Gasteiger partial charge in [-0.3, -0.25) is 4.79 Å². The van der Waals surface area contributed by atoms with E-state index in [1.807, 2.05) is 0 Å². The van der Waals surface area contributed by atoms with Gasteiger partial charge in [0.25, 0.3) is 6.47 Å². The Hall–Kier alpha value is -0.247. The van der Waals surface area contributed by atoms with Crippen LogP contribution < -0.4 is 123 Å². The fourth-order valence-corrected chi connectivity index (χ4v) is 4.24. The van der Waals surface area contributed by atoms with Gasteiger partial charge >= 0.3 is 103 Å². The van der Waals surface area contributed by atoms with Crippen LogP contribution in [-0.4, -0.2) is 28.4 Å². The SMILES string of the molecule is C.NS(=O)(=O)c1ccc(F)cc1.NS(=O)(=O)c1ccc(Oc2ccc(F)c(Br)c2)cc1.O=CO[O-].Oc1ccc(F)c(Br)c1.[H-].[K+].[K+]. The number of rotatable bonds is 5. The van der Waals surface area contributed by atoms with Crippen molar-refractivity contribution in [1.29, 1.82) is 0 Å². The molecule has 0 fully saturated rings. The third kappa shape index (κ3) is 20.3. The van der Waals surface area contributed by atoms with E-state index >= 15 is 0 Å². The molecule has 4 aromatic rings. The van der Waals surface area contributed by atoms with E-state index in [0.717, 1.165) is 24.3 Å². The van der Waals surface area contributed by atoms with Crippen LogP contribution in [0.5, 0.6) is 17.2 Å². The smallest absolute Gasteiger partial charge is 1.00 e. The van der Waals surface area contributed by atoms with E-state index in [1.54, 1.807) is 0 Å². The molecule has 5 N–H and O–H groups in total. The molecule has 0 spiro atoms. The third-order valence-electron chi connectivity index (χ3n) is 4.36. The number of carbonyl (C=O) groups is 1. The second kappa shape index (κ2) is 24.8. The van der Waals surface area contributed by atoms with Crippen LogP contribution >= 0.6 is 31.9 Å². The fourth-order valence-electron chi connectivity index (χ4n) is 2.48. The summed E-state index contributed by atoms with van der Waals surface area (Å²) >= 11 is 5.96. The number of halogens is 5. The van der Waals surface area contributed by atoms with Crippen LogP contribution in [-0.2, 0) is 29.7 Å². The van der Waals surface area contributed by atoms with Crippen LogP contribution in [0, 0.1) is 17.5 Å². The molecule has 20 heteroatoms. The molecule has 4 rings (SSSR count). The van der Waals surface area contributed by atoms with Crippen LogP contribution in [0.2, 0.25) is 0 Å². The minimum atomic E-state index is -3.72. The molecular formula is C26H25Br2F3K2N2O9S2. The third-order valence-corrected chi connectivity index (χ3v) is 7.44. The van der Waals surface area contributed by atoms with Crippen molar-refractivity contribution in [2.24, 2.45) is 10.3 Å². The number of hydrogen-bond donors (Lipinski definition) is 3. The monoisotopic (exact) mass is 866 g/mol.